The predicted molar refractivity (Wildman–Crippen MR) is 82.2 cm³/mol. The zero-order valence-corrected chi connectivity index (χ0v) is 13.3. The van der Waals surface area contributed by atoms with Crippen molar-refractivity contribution in [2.45, 2.75) is 32.0 Å². The van der Waals surface area contributed by atoms with Gasteiger partial charge in [0.2, 0.25) is 5.91 Å². The molecule has 0 aliphatic carbocycles. The number of hydrogen-bond acceptors (Lipinski definition) is 2. The first kappa shape index (κ1) is 18.3. The summed E-state index contributed by atoms with van der Waals surface area (Å²) in [5.74, 6) is -0.896. The van der Waals surface area contributed by atoms with Crippen LogP contribution in [0.2, 0.25) is 0 Å². The molecule has 1 heterocycles. The van der Waals surface area contributed by atoms with Crippen LogP contribution in [-0.2, 0) is 15.8 Å². The lowest BCUT2D eigenvalue weighted by Gasteiger charge is -2.31. The van der Waals surface area contributed by atoms with E-state index in [1.165, 1.54) is 12.1 Å². The van der Waals surface area contributed by atoms with Gasteiger partial charge in [-0.05, 0) is 44.0 Å². The van der Waals surface area contributed by atoms with E-state index in [1.807, 2.05) is 0 Å². The first-order chi connectivity index (χ1) is 11.2. The quantitative estimate of drug-likeness (QED) is 0.756. The maximum absolute atomic E-state index is 12.5. The Morgan fingerprint density at radius 2 is 1.92 bits per heavy atom. The minimum absolute atomic E-state index is 0.241. The minimum Gasteiger partial charge on any atom is -0.369 e. The first-order valence-electron chi connectivity index (χ1n) is 7.80. The number of nitrogens with one attached hydrogen (secondary N) is 2. The summed E-state index contributed by atoms with van der Waals surface area (Å²) in [5.41, 5.74) is 4.88. The molecule has 1 aliphatic heterocycles. The Bertz CT molecular complexity index is 602. The normalized spacial score (nSPS) is 22.7. The van der Waals surface area contributed by atoms with Crippen molar-refractivity contribution < 1.29 is 27.7 Å². The lowest BCUT2D eigenvalue weighted by molar-refractivity contribution is -0.921. The molecule has 4 N–H and O–H groups in total. The SMILES string of the molecule is C[C@@H](C(=O)Nc1ccc(C(F)(F)F)cc1)[NH+]1CCC[C@H](C(N)=O)C1. The van der Waals surface area contributed by atoms with E-state index in [0.29, 0.717) is 12.2 Å². The zero-order chi connectivity index (χ0) is 17.9. The number of benzene rings is 1. The van der Waals surface area contributed by atoms with Crippen molar-refractivity contribution in [3.63, 3.8) is 0 Å². The molecule has 2 amide bonds. The number of likely N-dealkylation sites (tertiary alicyclic amines) is 1. The molecule has 1 aliphatic rings. The summed E-state index contributed by atoms with van der Waals surface area (Å²) in [7, 11) is 0. The Hall–Kier alpha value is -2.09. The van der Waals surface area contributed by atoms with E-state index in [4.69, 9.17) is 5.73 Å². The number of carbonyl (C=O) groups excluding carboxylic acids is 2. The van der Waals surface area contributed by atoms with E-state index in [-0.39, 0.29) is 17.7 Å². The van der Waals surface area contributed by atoms with Crippen LogP contribution in [0.5, 0.6) is 0 Å². The molecule has 1 unspecified atom stereocenters. The number of hydrogen-bond donors (Lipinski definition) is 3. The van der Waals surface area contributed by atoms with Crippen LogP contribution in [0.4, 0.5) is 18.9 Å². The van der Waals surface area contributed by atoms with Gasteiger partial charge in [0.25, 0.3) is 5.91 Å². The number of amides is 2. The van der Waals surface area contributed by atoms with E-state index in [9.17, 15) is 22.8 Å². The van der Waals surface area contributed by atoms with Crippen LogP contribution in [0.15, 0.2) is 24.3 Å². The molecule has 5 nitrogen and oxygen atoms in total. The molecule has 0 aromatic heterocycles. The van der Waals surface area contributed by atoms with Crippen molar-refractivity contribution in [1.82, 2.24) is 0 Å². The van der Waals surface area contributed by atoms with Gasteiger partial charge in [0.05, 0.1) is 24.6 Å². The number of anilines is 1. The molecular formula is C16H21F3N3O2+. The molecular weight excluding hydrogens is 323 g/mol. The van der Waals surface area contributed by atoms with Gasteiger partial charge in [0.15, 0.2) is 6.04 Å². The second kappa shape index (κ2) is 7.21. The van der Waals surface area contributed by atoms with Gasteiger partial charge in [0, 0.05) is 5.69 Å². The number of quaternary nitrogens is 1. The smallest absolute Gasteiger partial charge is 0.369 e. The van der Waals surface area contributed by atoms with E-state index in [1.54, 1.807) is 6.92 Å². The van der Waals surface area contributed by atoms with Gasteiger partial charge < -0.3 is 16.0 Å². The molecule has 1 aromatic carbocycles. The molecule has 1 aromatic rings. The Morgan fingerprint density at radius 1 is 1.29 bits per heavy atom. The molecule has 0 saturated carbocycles. The Balaban J connectivity index is 1.97. The summed E-state index contributed by atoms with van der Waals surface area (Å²) in [4.78, 5) is 24.6. The van der Waals surface area contributed by atoms with Crippen LogP contribution >= 0.6 is 0 Å². The maximum atomic E-state index is 12.5. The number of primary amides is 1. The number of carbonyl (C=O) groups is 2. The summed E-state index contributed by atoms with van der Waals surface area (Å²) in [5, 5.41) is 2.62. The van der Waals surface area contributed by atoms with E-state index < -0.39 is 17.8 Å². The lowest BCUT2D eigenvalue weighted by Crippen LogP contribution is -3.18. The number of halogens is 3. The third-order valence-corrected chi connectivity index (χ3v) is 4.45. The highest BCUT2D eigenvalue weighted by Crippen LogP contribution is 2.29. The van der Waals surface area contributed by atoms with E-state index in [0.717, 1.165) is 36.4 Å². The molecule has 1 fully saturated rings. The van der Waals surface area contributed by atoms with Gasteiger partial charge in [-0.3, -0.25) is 9.59 Å². The van der Waals surface area contributed by atoms with Crippen LogP contribution in [0.3, 0.4) is 0 Å². The largest absolute Gasteiger partial charge is 0.416 e. The average molecular weight is 344 g/mol. The number of nitrogens with two attached hydrogens (primary N) is 1. The highest BCUT2D eigenvalue weighted by Gasteiger charge is 2.33. The minimum atomic E-state index is -4.41. The zero-order valence-electron chi connectivity index (χ0n) is 13.3. The number of rotatable bonds is 4. The Labute approximate surface area is 138 Å². The predicted octanol–water partition coefficient (Wildman–Crippen LogP) is 0.813. The van der Waals surface area contributed by atoms with Crippen molar-refractivity contribution in [1.29, 1.82) is 0 Å². The summed E-state index contributed by atoms with van der Waals surface area (Å²) < 4.78 is 37.6. The third-order valence-electron chi connectivity index (χ3n) is 4.45. The van der Waals surface area contributed by atoms with Crippen molar-refractivity contribution >= 4 is 17.5 Å². The monoisotopic (exact) mass is 344 g/mol. The second-order valence-corrected chi connectivity index (χ2v) is 6.14. The van der Waals surface area contributed by atoms with Crippen LogP contribution in [-0.4, -0.2) is 30.9 Å². The molecule has 1 saturated heterocycles. The van der Waals surface area contributed by atoms with Crippen molar-refractivity contribution in [2.75, 3.05) is 18.4 Å². The molecule has 0 spiro atoms. The van der Waals surface area contributed by atoms with Crippen LogP contribution < -0.4 is 16.0 Å². The van der Waals surface area contributed by atoms with Crippen molar-refractivity contribution in [2.24, 2.45) is 11.7 Å². The summed E-state index contributed by atoms with van der Waals surface area (Å²) >= 11 is 0. The average Bonchev–Trinajstić information content (AvgIpc) is 2.53. The third kappa shape index (κ3) is 4.47. The number of piperidine rings is 1. The Kier molecular flexibility index (Phi) is 5.48. The second-order valence-electron chi connectivity index (χ2n) is 6.14. The molecule has 0 radical (unpaired) electrons. The molecule has 132 valence electrons. The van der Waals surface area contributed by atoms with Gasteiger partial charge in [-0.2, -0.15) is 13.2 Å². The summed E-state index contributed by atoms with van der Waals surface area (Å²) in [6.07, 6.45) is -2.87. The summed E-state index contributed by atoms with van der Waals surface area (Å²) in [6.45, 7) is 2.99. The number of alkyl halides is 3. The molecule has 24 heavy (non-hydrogen) atoms. The molecule has 0 bridgehead atoms. The molecule has 8 heteroatoms. The standard InChI is InChI=1S/C16H20F3N3O2/c1-10(22-8-2-3-11(9-22)14(20)23)15(24)21-13-6-4-12(5-7-13)16(17,18)19/h4-7,10-11H,2-3,8-9H2,1H3,(H2,20,23)(H,21,24)/p+1/t10-,11-/m0/s1. The van der Waals surface area contributed by atoms with Crippen LogP contribution in [0.1, 0.15) is 25.3 Å². The van der Waals surface area contributed by atoms with Gasteiger partial charge >= 0.3 is 6.18 Å². The summed E-state index contributed by atoms with van der Waals surface area (Å²) in [6, 6.07) is 3.89. The van der Waals surface area contributed by atoms with Gasteiger partial charge in [0.1, 0.15) is 0 Å². The fraction of sp³-hybridized carbons (Fsp3) is 0.500. The van der Waals surface area contributed by atoms with Crippen LogP contribution in [0.25, 0.3) is 0 Å². The van der Waals surface area contributed by atoms with Gasteiger partial charge in [-0.1, -0.05) is 0 Å². The fourth-order valence-corrected chi connectivity index (χ4v) is 2.91. The Morgan fingerprint density at radius 3 is 2.46 bits per heavy atom. The molecule has 2 rings (SSSR count). The lowest BCUT2D eigenvalue weighted by atomic mass is 9.96. The highest BCUT2D eigenvalue weighted by atomic mass is 19.4. The van der Waals surface area contributed by atoms with Crippen molar-refractivity contribution in [3.05, 3.63) is 29.8 Å². The van der Waals surface area contributed by atoms with Crippen LogP contribution in [0, 0.1) is 5.92 Å². The maximum Gasteiger partial charge on any atom is 0.416 e. The highest BCUT2D eigenvalue weighted by molar-refractivity contribution is 5.93. The first-order valence-corrected chi connectivity index (χ1v) is 7.80. The van der Waals surface area contributed by atoms with Gasteiger partial charge in [-0.15, -0.1) is 0 Å². The van der Waals surface area contributed by atoms with E-state index >= 15 is 0 Å². The van der Waals surface area contributed by atoms with E-state index in [2.05, 4.69) is 5.32 Å². The van der Waals surface area contributed by atoms with Crippen molar-refractivity contribution in [3.8, 4) is 0 Å². The molecule has 3 atom stereocenters. The topological polar surface area (TPSA) is 76.6 Å². The fourth-order valence-electron chi connectivity index (χ4n) is 2.91. The van der Waals surface area contributed by atoms with Gasteiger partial charge in [-0.25, -0.2) is 0 Å².